The van der Waals surface area contributed by atoms with Crippen LogP contribution in [0.3, 0.4) is 0 Å². The second-order valence-electron chi connectivity index (χ2n) is 6.29. The fourth-order valence-corrected chi connectivity index (χ4v) is 4.73. The molecule has 0 amide bonds. The Bertz CT molecular complexity index is 298. The molecule has 4 fully saturated rings. The average Bonchev–Trinajstić information content (AvgIpc) is 3.09. The molecular formula is C14H26Cl2N2O2. The van der Waals surface area contributed by atoms with E-state index in [1.807, 2.05) is 0 Å². The Morgan fingerprint density at radius 1 is 1.00 bits per heavy atom. The average molecular weight is 325 g/mol. The van der Waals surface area contributed by atoms with E-state index in [-0.39, 0.29) is 24.8 Å². The maximum Gasteiger partial charge on any atom is 0.0821 e. The highest BCUT2D eigenvalue weighted by molar-refractivity contribution is 5.85. The predicted octanol–water partition coefficient (Wildman–Crippen LogP) is 1.32. The van der Waals surface area contributed by atoms with Crippen molar-refractivity contribution in [1.29, 1.82) is 0 Å². The highest BCUT2D eigenvalue weighted by Crippen LogP contribution is 2.47. The van der Waals surface area contributed by atoms with E-state index in [4.69, 9.17) is 9.47 Å². The van der Waals surface area contributed by atoms with Crippen molar-refractivity contribution < 1.29 is 9.47 Å². The maximum atomic E-state index is 5.76. The van der Waals surface area contributed by atoms with E-state index in [0.717, 1.165) is 50.2 Å². The van der Waals surface area contributed by atoms with Crippen LogP contribution in [0.5, 0.6) is 0 Å². The Balaban J connectivity index is 0.000000735. The van der Waals surface area contributed by atoms with Gasteiger partial charge in [-0.3, -0.25) is 4.90 Å². The molecule has 2 bridgehead atoms. The number of fused-ring (bicyclic) bond motifs is 5. The van der Waals surface area contributed by atoms with E-state index >= 15 is 0 Å². The van der Waals surface area contributed by atoms with Crippen LogP contribution in [0.1, 0.15) is 19.3 Å². The van der Waals surface area contributed by atoms with Gasteiger partial charge in [0.1, 0.15) is 0 Å². The summed E-state index contributed by atoms with van der Waals surface area (Å²) in [5, 5.41) is 3.58. The number of nitrogens with zero attached hydrogens (tertiary/aromatic N) is 1. The Labute approximate surface area is 133 Å². The maximum absolute atomic E-state index is 5.76. The van der Waals surface area contributed by atoms with Gasteiger partial charge in [-0.1, -0.05) is 0 Å². The number of rotatable bonds is 3. The highest BCUT2D eigenvalue weighted by atomic mass is 35.5. The molecule has 0 aromatic heterocycles. The van der Waals surface area contributed by atoms with E-state index in [1.54, 1.807) is 0 Å². The lowest BCUT2D eigenvalue weighted by Crippen LogP contribution is -2.38. The van der Waals surface area contributed by atoms with Crippen molar-refractivity contribution in [2.75, 3.05) is 39.5 Å². The molecule has 0 aromatic carbocycles. The van der Waals surface area contributed by atoms with Gasteiger partial charge in [0, 0.05) is 18.6 Å². The lowest BCUT2D eigenvalue weighted by atomic mass is 9.82. The standard InChI is InChI=1S/C14H24N2O2.2ClH/c1-2-14-12-8-15-7-11(12)13(1)16(14)4-3-10-9-17-5-6-18-10;;/h10-15H,1-9H2;2*1H/t10?,11-,12+,13-,14+;;. The SMILES string of the molecule is C1COC(CCN2[C@@H]3CC[C@H]2[C@H]2CNC[C@H]23)CO1.Cl.Cl. The van der Waals surface area contributed by atoms with Gasteiger partial charge in [0.05, 0.1) is 25.9 Å². The van der Waals surface area contributed by atoms with E-state index in [2.05, 4.69) is 10.2 Å². The van der Waals surface area contributed by atoms with Crippen molar-refractivity contribution in [1.82, 2.24) is 10.2 Å². The van der Waals surface area contributed by atoms with Gasteiger partial charge in [-0.25, -0.2) is 0 Å². The largest absolute Gasteiger partial charge is 0.376 e. The second-order valence-corrected chi connectivity index (χ2v) is 6.29. The Hall–Kier alpha value is 0.420. The lowest BCUT2D eigenvalue weighted by molar-refractivity contribution is -0.0931. The molecule has 4 aliphatic heterocycles. The van der Waals surface area contributed by atoms with Crippen LogP contribution in [0.2, 0.25) is 0 Å². The zero-order valence-corrected chi connectivity index (χ0v) is 13.5. The summed E-state index contributed by atoms with van der Waals surface area (Å²) in [5.41, 5.74) is 0. The molecular weight excluding hydrogens is 299 g/mol. The normalized spacial score (nSPS) is 42.9. The first-order chi connectivity index (χ1) is 8.93. The number of halogens is 2. The molecule has 0 radical (unpaired) electrons. The lowest BCUT2D eigenvalue weighted by Gasteiger charge is -2.28. The third-order valence-electron chi connectivity index (χ3n) is 5.50. The fourth-order valence-electron chi connectivity index (χ4n) is 4.73. The molecule has 6 heteroatoms. The minimum absolute atomic E-state index is 0. The zero-order valence-electron chi connectivity index (χ0n) is 11.8. The summed E-state index contributed by atoms with van der Waals surface area (Å²) in [6.07, 6.45) is 4.35. The molecule has 118 valence electrons. The Morgan fingerprint density at radius 3 is 2.30 bits per heavy atom. The summed E-state index contributed by atoms with van der Waals surface area (Å²) in [4.78, 5) is 2.80. The summed E-state index contributed by atoms with van der Waals surface area (Å²) >= 11 is 0. The second kappa shape index (κ2) is 7.12. The van der Waals surface area contributed by atoms with Crippen molar-refractivity contribution in [2.45, 2.75) is 37.5 Å². The van der Waals surface area contributed by atoms with Crippen LogP contribution in [-0.2, 0) is 9.47 Å². The molecule has 4 heterocycles. The highest BCUT2D eigenvalue weighted by Gasteiger charge is 2.54. The quantitative estimate of drug-likeness (QED) is 0.849. The first-order valence-electron chi connectivity index (χ1n) is 7.59. The van der Waals surface area contributed by atoms with Crippen LogP contribution in [0.15, 0.2) is 0 Å². The fraction of sp³-hybridized carbons (Fsp3) is 1.00. The summed E-state index contributed by atoms with van der Waals surface area (Å²) < 4.78 is 11.2. The molecule has 1 unspecified atom stereocenters. The van der Waals surface area contributed by atoms with E-state index in [1.165, 1.54) is 32.5 Å². The summed E-state index contributed by atoms with van der Waals surface area (Å²) in [7, 11) is 0. The number of ether oxygens (including phenoxy) is 2. The zero-order chi connectivity index (χ0) is 11.9. The van der Waals surface area contributed by atoms with Crippen LogP contribution in [0.25, 0.3) is 0 Å². The van der Waals surface area contributed by atoms with Crippen molar-refractivity contribution >= 4 is 24.8 Å². The van der Waals surface area contributed by atoms with Gasteiger partial charge in [0.2, 0.25) is 0 Å². The first-order valence-corrected chi connectivity index (χ1v) is 7.59. The van der Waals surface area contributed by atoms with Crippen LogP contribution in [0, 0.1) is 11.8 Å². The molecule has 20 heavy (non-hydrogen) atoms. The van der Waals surface area contributed by atoms with Gasteiger partial charge < -0.3 is 14.8 Å². The minimum Gasteiger partial charge on any atom is -0.376 e. The molecule has 0 spiro atoms. The van der Waals surface area contributed by atoms with E-state index < -0.39 is 0 Å². The van der Waals surface area contributed by atoms with Crippen LogP contribution in [-0.4, -0.2) is 62.5 Å². The number of hydrogen-bond acceptors (Lipinski definition) is 4. The molecule has 0 saturated carbocycles. The molecule has 0 aromatic rings. The van der Waals surface area contributed by atoms with Gasteiger partial charge >= 0.3 is 0 Å². The molecule has 4 nitrogen and oxygen atoms in total. The minimum atomic E-state index is 0. The van der Waals surface area contributed by atoms with Crippen molar-refractivity contribution in [2.24, 2.45) is 11.8 Å². The summed E-state index contributed by atoms with van der Waals surface area (Å²) in [6.45, 7) is 6.10. The molecule has 4 aliphatic rings. The molecule has 1 N–H and O–H groups in total. The van der Waals surface area contributed by atoms with Crippen LogP contribution in [0.4, 0.5) is 0 Å². The van der Waals surface area contributed by atoms with Gasteiger partial charge in [0.15, 0.2) is 0 Å². The van der Waals surface area contributed by atoms with Crippen molar-refractivity contribution in [3.05, 3.63) is 0 Å². The summed E-state index contributed by atoms with van der Waals surface area (Å²) in [5.74, 6) is 1.87. The van der Waals surface area contributed by atoms with Gasteiger partial charge in [-0.2, -0.15) is 0 Å². The number of nitrogens with one attached hydrogen (secondary N) is 1. The van der Waals surface area contributed by atoms with Gasteiger partial charge in [-0.15, -0.1) is 24.8 Å². The van der Waals surface area contributed by atoms with Crippen molar-refractivity contribution in [3.63, 3.8) is 0 Å². The van der Waals surface area contributed by atoms with Crippen LogP contribution >= 0.6 is 24.8 Å². The van der Waals surface area contributed by atoms with Gasteiger partial charge in [-0.05, 0) is 44.2 Å². The summed E-state index contributed by atoms with van der Waals surface area (Å²) in [6, 6.07) is 1.72. The molecule has 0 aliphatic carbocycles. The van der Waals surface area contributed by atoms with Gasteiger partial charge in [0.25, 0.3) is 0 Å². The first kappa shape index (κ1) is 16.8. The third-order valence-corrected chi connectivity index (χ3v) is 5.50. The smallest absolute Gasteiger partial charge is 0.0821 e. The molecule has 4 rings (SSSR count). The van der Waals surface area contributed by atoms with E-state index in [0.29, 0.717) is 6.10 Å². The number of hydrogen-bond donors (Lipinski definition) is 1. The Morgan fingerprint density at radius 2 is 1.70 bits per heavy atom. The Kier molecular flexibility index (Phi) is 5.98. The third kappa shape index (κ3) is 2.83. The molecule has 5 atom stereocenters. The predicted molar refractivity (Wildman–Crippen MR) is 83.0 cm³/mol. The monoisotopic (exact) mass is 324 g/mol. The topological polar surface area (TPSA) is 33.7 Å². The van der Waals surface area contributed by atoms with Crippen molar-refractivity contribution in [3.8, 4) is 0 Å². The van der Waals surface area contributed by atoms with Crippen LogP contribution < -0.4 is 5.32 Å². The molecule has 4 saturated heterocycles. The van der Waals surface area contributed by atoms with E-state index in [9.17, 15) is 0 Å².